The van der Waals surface area contributed by atoms with Gasteiger partial charge in [0.1, 0.15) is 6.20 Å². The normalized spacial score (nSPS) is 13.2. The Labute approximate surface area is 129 Å². The van der Waals surface area contributed by atoms with E-state index in [1.54, 1.807) is 6.92 Å². The third-order valence-electron chi connectivity index (χ3n) is 3.63. The molecule has 0 aromatic carbocycles. The number of amides is 1. The molecule has 1 rings (SSSR count). The maximum absolute atomic E-state index is 12.3. The predicted molar refractivity (Wildman–Crippen MR) is 82.6 cm³/mol. The van der Waals surface area contributed by atoms with E-state index in [0.29, 0.717) is 5.69 Å². The number of nitrogens with one attached hydrogen (secondary N) is 1. The molecule has 3 N–H and O–H groups in total. The summed E-state index contributed by atoms with van der Waals surface area (Å²) in [6.07, 6.45) is 1.14. The van der Waals surface area contributed by atoms with Crippen molar-refractivity contribution in [1.82, 2.24) is 10.3 Å². The zero-order valence-electron chi connectivity index (χ0n) is 12.5. The van der Waals surface area contributed by atoms with Gasteiger partial charge in [0.25, 0.3) is 11.6 Å². The minimum absolute atomic E-state index is 0. The first-order chi connectivity index (χ1) is 9.21. The average molecular weight is 317 g/mol. The summed E-state index contributed by atoms with van der Waals surface area (Å²) in [5.41, 5.74) is 5.56. The molecule has 21 heavy (non-hydrogen) atoms. The predicted octanol–water partition coefficient (Wildman–Crippen LogP) is 1.82. The van der Waals surface area contributed by atoms with Crippen molar-refractivity contribution in [3.05, 3.63) is 33.6 Å². The van der Waals surface area contributed by atoms with Crippen LogP contribution in [-0.2, 0) is 0 Å². The maximum atomic E-state index is 12.3. The molecule has 0 bridgehead atoms. The van der Waals surface area contributed by atoms with Crippen molar-refractivity contribution in [1.29, 1.82) is 0 Å². The van der Waals surface area contributed by atoms with E-state index in [0.717, 1.165) is 6.20 Å². The third kappa shape index (κ3) is 4.37. The SMILES string of the molecule is Cc1ncc([N+](=O)[O-])cc1C(=O)NC(C)(CN)C(C)C.Cl. The second-order valence-corrected chi connectivity index (χ2v) is 5.31. The van der Waals surface area contributed by atoms with Crippen LogP contribution in [0.4, 0.5) is 5.69 Å². The molecule has 0 aliphatic carbocycles. The van der Waals surface area contributed by atoms with Crippen molar-refractivity contribution in [2.24, 2.45) is 11.7 Å². The molecule has 0 fully saturated rings. The summed E-state index contributed by atoms with van der Waals surface area (Å²) < 4.78 is 0. The molecular formula is C13H21ClN4O3. The zero-order chi connectivity index (χ0) is 15.5. The molecule has 8 heteroatoms. The molecule has 1 amide bonds. The number of halogens is 1. The Kier molecular flexibility index (Phi) is 6.72. The van der Waals surface area contributed by atoms with Crippen LogP contribution in [0.2, 0.25) is 0 Å². The Morgan fingerprint density at radius 2 is 2.14 bits per heavy atom. The van der Waals surface area contributed by atoms with Gasteiger partial charge < -0.3 is 11.1 Å². The second kappa shape index (κ2) is 7.33. The van der Waals surface area contributed by atoms with Gasteiger partial charge in [-0.25, -0.2) is 0 Å². The number of carbonyl (C=O) groups excluding carboxylic acids is 1. The number of nitro groups is 1. The number of aromatic nitrogens is 1. The van der Waals surface area contributed by atoms with E-state index in [9.17, 15) is 14.9 Å². The number of pyridine rings is 1. The fourth-order valence-corrected chi connectivity index (χ4v) is 1.61. The summed E-state index contributed by atoms with van der Waals surface area (Å²) in [7, 11) is 0. The van der Waals surface area contributed by atoms with Crippen LogP contribution in [0.1, 0.15) is 36.8 Å². The van der Waals surface area contributed by atoms with Gasteiger partial charge in [-0.1, -0.05) is 13.8 Å². The van der Waals surface area contributed by atoms with Crippen molar-refractivity contribution in [2.75, 3.05) is 6.54 Å². The van der Waals surface area contributed by atoms with Gasteiger partial charge in [-0.2, -0.15) is 0 Å². The van der Waals surface area contributed by atoms with Crippen molar-refractivity contribution in [2.45, 2.75) is 33.2 Å². The van der Waals surface area contributed by atoms with Crippen molar-refractivity contribution in [3.8, 4) is 0 Å². The van der Waals surface area contributed by atoms with Crippen LogP contribution in [0.15, 0.2) is 12.3 Å². The lowest BCUT2D eigenvalue weighted by atomic mass is 9.88. The molecule has 118 valence electrons. The molecule has 0 aliphatic rings. The van der Waals surface area contributed by atoms with E-state index >= 15 is 0 Å². The monoisotopic (exact) mass is 316 g/mol. The summed E-state index contributed by atoms with van der Waals surface area (Å²) in [5.74, 6) is -0.274. The molecule has 0 aliphatic heterocycles. The second-order valence-electron chi connectivity index (χ2n) is 5.31. The smallest absolute Gasteiger partial charge is 0.288 e. The maximum Gasteiger partial charge on any atom is 0.288 e. The van der Waals surface area contributed by atoms with Crippen LogP contribution >= 0.6 is 12.4 Å². The molecular weight excluding hydrogens is 296 g/mol. The quantitative estimate of drug-likeness (QED) is 0.635. The van der Waals surface area contributed by atoms with Gasteiger partial charge in [0, 0.05) is 12.6 Å². The number of rotatable bonds is 5. The lowest BCUT2D eigenvalue weighted by Gasteiger charge is -2.33. The summed E-state index contributed by atoms with van der Waals surface area (Å²) in [5, 5.41) is 13.6. The van der Waals surface area contributed by atoms with E-state index in [1.165, 1.54) is 6.07 Å². The first kappa shape index (κ1) is 19.3. The zero-order valence-corrected chi connectivity index (χ0v) is 13.4. The minimum atomic E-state index is -0.576. The first-order valence-electron chi connectivity index (χ1n) is 6.35. The highest BCUT2D eigenvalue weighted by molar-refractivity contribution is 5.96. The Bertz CT molecular complexity index is 536. The molecule has 1 aromatic heterocycles. The largest absolute Gasteiger partial charge is 0.345 e. The van der Waals surface area contributed by atoms with Gasteiger partial charge in [0.2, 0.25) is 0 Å². The summed E-state index contributed by atoms with van der Waals surface area (Å²) in [4.78, 5) is 26.4. The highest BCUT2D eigenvalue weighted by atomic mass is 35.5. The van der Waals surface area contributed by atoms with Crippen LogP contribution < -0.4 is 11.1 Å². The van der Waals surface area contributed by atoms with E-state index in [-0.39, 0.29) is 36.1 Å². The van der Waals surface area contributed by atoms with Crippen molar-refractivity contribution in [3.63, 3.8) is 0 Å². The van der Waals surface area contributed by atoms with E-state index in [1.807, 2.05) is 20.8 Å². The van der Waals surface area contributed by atoms with Crippen LogP contribution in [-0.4, -0.2) is 27.9 Å². The van der Waals surface area contributed by atoms with Crippen molar-refractivity contribution < 1.29 is 9.72 Å². The first-order valence-corrected chi connectivity index (χ1v) is 6.35. The van der Waals surface area contributed by atoms with Crippen LogP contribution in [0.25, 0.3) is 0 Å². The topological polar surface area (TPSA) is 111 Å². The highest BCUT2D eigenvalue weighted by Gasteiger charge is 2.30. The average Bonchev–Trinajstić information content (AvgIpc) is 2.38. The molecule has 1 unspecified atom stereocenters. The van der Waals surface area contributed by atoms with Crippen LogP contribution in [0.3, 0.4) is 0 Å². The number of nitrogens with zero attached hydrogens (tertiary/aromatic N) is 2. The molecule has 1 atom stereocenters. The standard InChI is InChI=1S/C13H20N4O3.ClH/c1-8(2)13(4,7-14)16-12(18)11-5-10(17(19)20)6-15-9(11)3;/h5-6,8H,7,14H2,1-4H3,(H,16,18);1H. The molecule has 1 heterocycles. The molecule has 0 saturated carbocycles. The highest BCUT2D eigenvalue weighted by Crippen LogP contribution is 2.19. The lowest BCUT2D eigenvalue weighted by Crippen LogP contribution is -2.55. The van der Waals surface area contributed by atoms with Crippen LogP contribution in [0.5, 0.6) is 0 Å². The Balaban J connectivity index is 0.00000400. The summed E-state index contributed by atoms with van der Waals surface area (Å²) in [6.45, 7) is 7.65. The van der Waals surface area contributed by atoms with Gasteiger partial charge in [-0.3, -0.25) is 19.9 Å². The number of hydrogen-bond donors (Lipinski definition) is 2. The van der Waals surface area contributed by atoms with Crippen molar-refractivity contribution >= 4 is 24.0 Å². The van der Waals surface area contributed by atoms with Gasteiger partial charge in [-0.05, 0) is 19.8 Å². The number of nitrogens with two attached hydrogens (primary N) is 1. The Morgan fingerprint density at radius 1 is 1.57 bits per heavy atom. The van der Waals surface area contributed by atoms with Gasteiger partial charge in [0.05, 0.1) is 21.7 Å². The number of hydrogen-bond acceptors (Lipinski definition) is 5. The lowest BCUT2D eigenvalue weighted by molar-refractivity contribution is -0.385. The number of aryl methyl sites for hydroxylation is 1. The number of carbonyl (C=O) groups is 1. The van der Waals surface area contributed by atoms with E-state index in [2.05, 4.69) is 10.3 Å². The summed E-state index contributed by atoms with van der Waals surface area (Å²) >= 11 is 0. The Morgan fingerprint density at radius 3 is 2.57 bits per heavy atom. The fourth-order valence-electron chi connectivity index (χ4n) is 1.61. The summed E-state index contributed by atoms with van der Waals surface area (Å²) in [6, 6.07) is 1.23. The van der Waals surface area contributed by atoms with Gasteiger partial charge in [-0.15, -0.1) is 12.4 Å². The molecule has 0 radical (unpaired) electrons. The fraction of sp³-hybridized carbons (Fsp3) is 0.538. The molecule has 7 nitrogen and oxygen atoms in total. The molecule has 0 spiro atoms. The minimum Gasteiger partial charge on any atom is -0.345 e. The third-order valence-corrected chi connectivity index (χ3v) is 3.63. The van der Waals surface area contributed by atoms with Crippen LogP contribution in [0, 0.1) is 23.0 Å². The van der Waals surface area contributed by atoms with Gasteiger partial charge >= 0.3 is 0 Å². The Hall–Kier alpha value is -1.73. The molecule has 0 saturated heterocycles. The van der Waals surface area contributed by atoms with Gasteiger partial charge in [0.15, 0.2) is 0 Å². The van der Waals surface area contributed by atoms with E-state index in [4.69, 9.17) is 5.73 Å². The molecule has 1 aromatic rings. The van der Waals surface area contributed by atoms with E-state index < -0.39 is 16.4 Å².